The maximum absolute atomic E-state index is 12.0. The first kappa shape index (κ1) is 15.4. The average Bonchev–Trinajstić information content (AvgIpc) is 2.43. The molecule has 0 amide bonds. The van der Waals surface area contributed by atoms with E-state index >= 15 is 0 Å². The van der Waals surface area contributed by atoms with E-state index < -0.39 is 5.69 Å². The first-order chi connectivity index (χ1) is 10.0. The van der Waals surface area contributed by atoms with E-state index in [9.17, 15) is 9.59 Å². The van der Waals surface area contributed by atoms with Crippen LogP contribution >= 0.6 is 0 Å². The molecule has 2 aromatic rings. The third-order valence-electron chi connectivity index (χ3n) is 3.19. The Balaban J connectivity index is 2.47. The van der Waals surface area contributed by atoms with Crippen molar-refractivity contribution in [3.8, 4) is 0 Å². The highest BCUT2D eigenvalue weighted by molar-refractivity contribution is 5.74. The molecule has 0 aliphatic carbocycles. The molecule has 0 aromatic carbocycles. The van der Waals surface area contributed by atoms with Gasteiger partial charge in [-0.25, -0.2) is 9.78 Å². The van der Waals surface area contributed by atoms with Gasteiger partial charge in [-0.05, 0) is 30.5 Å². The van der Waals surface area contributed by atoms with Crippen LogP contribution in [0.1, 0.15) is 32.8 Å². The molecule has 0 atom stereocenters. The van der Waals surface area contributed by atoms with Crippen molar-refractivity contribution in [2.45, 2.75) is 40.3 Å². The van der Waals surface area contributed by atoms with Crippen LogP contribution in [0.4, 0.5) is 0 Å². The fraction of sp³-hybridized carbons (Fsp3) is 0.533. The van der Waals surface area contributed by atoms with Gasteiger partial charge in [-0.1, -0.05) is 20.8 Å². The summed E-state index contributed by atoms with van der Waals surface area (Å²) in [6.07, 6.45) is 2.77. The summed E-state index contributed by atoms with van der Waals surface area (Å²) >= 11 is 0. The second kappa shape index (κ2) is 6.67. The summed E-state index contributed by atoms with van der Waals surface area (Å²) in [4.78, 5) is 30.6. The molecule has 0 spiro atoms. The molecule has 6 nitrogen and oxygen atoms in total. The second-order valence-corrected chi connectivity index (χ2v) is 5.66. The highest BCUT2D eigenvalue weighted by Gasteiger charge is 2.10. The molecular weight excluding hydrogens is 268 g/mol. The maximum atomic E-state index is 12.0. The quantitative estimate of drug-likeness (QED) is 0.784. The van der Waals surface area contributed by atoms with E-state index in [4.69, 9.17) is 0 Å². The van der Waals surface area contributed by atoms with Crippen molar-refractivity contribution in [2.24, 2.45) is 5.92 Å². The highest BCUT2D eigenvalue weighted by atomic mass is 16.2. The zero-order chi connectivity index (χ0) is 15.4. The Kier molecular flexibility index (Phi) is 4.90. The molecule has 114 valence electrons. The number of rotatable bonds is 6. The predicted molar refractivity (Wildman–Crippen MR) is 83.5 cm³/mol. The number of hydrogen-bond donors (Lipinski definition) is 2. The van der Waals surface area contributed by atoms with Gasteiger partial charge in [0.1, 0.15) is 5.65 Å². The molecule has 2 N–H and O–H groups in total. The lowest BCUT2D eigenvalue weighted by Gasteiger charge is -2.11. The van der Waals surface area contributed by atoms with Gasteiger partial charge >= 0.3 is 5.69 Å². The summed E-state index contributed by atoms with van der Waals surface area (Å²) in [5.41, 5.74) is 0.623. The van der Waals surface area contributed by atoms with Crippen molar-refractivity contribution >= 4 is 11.0 Å². The molecule has 21 heavy (non-hydrogen) atoms. The minimum atomic E-state index is -0.398. The lowest BCUT2D eigenvalue weighted by Crippen LogP contribution is -2.32. The van der Waals surface area contributed by atoms with Crippen LogP contribution in [0.15, 0.2) is 21.9 Å². The topological polar surface area (TPSA) is 79.8 Å². The Morgan fingerprint density at radius 1 is 1.38 bits per heavy atom. The Morgan fingerprint density at radius 3 is 2.81 bits per heavy atom. The van der Waals surface area contributed by atoms with Crippen LogP contribution in [0.2, 0.25) is 0 Å². The zero-order valence-electron chi connectivity index (χ0n) is 12.8. The summed E-state index contributed by atoms with van der Waals surface area (Å²) in [7, 11) is 0. The zero-order valence-corrected chi connectivity index (χ0v) is 12.8. The number of aromatic amines is 1. The van der Waals surface area contributed by atoms with E-state index in [1.165, 1.54) is 4.57 Å². The molecule has 0 saturated heterocycles. The standard InChI is InChI=1S/C15H22N4O2/c1-4-5-16-7-11-6-12-13(17-8-11)19(9-10(2)3)15(21)18-14(12)20/h6,8,10,16H,4-5,7,9H2,1-3H3,(H,18,20,21). The lowest BCUT2D eigenvalue weighted by molar-refractivity contribution is 0.513. The molecule has 6 heteroatoms. The Hall–Kier alpha value is -1.95. The minimum absolute atomic E-state index is 0.296. The third kappa shape index (κ3) is 3.58. The van der Waals surface area contributed by atoms with Crippen LogP contribution in [0.25, 0.3) is 11.0 Å². The van der Waals surface area contributed by atoms with Gasteiger partial charge in [0.25, 0.3) is 5.56 Å². The fourth-order valence-corrected chi connectivity index (χ4v) is 2.25. The van der Waals surface area contributed by atoms with Gasteiger partial charge in [-0.15, -0.1) is 0 Å². The van der Waals surface area contributed by atoms with Crippen molar-refractivity contribution in [1.82, 2.24) is 19.9 Å². The second-order valence-electron chi connectivity index (χ2n) is 5.66. The molecule has 2 rings (SSSR count). The number of aromatic nitrogens is 3. The van der Waals surface area contributed by atoms with Crippen molar-refractivity contribution < 1.29 is 0 Å². The summed E-state index contributed by atoms with van der Waals surface area (Å²) < 4.78 is 1.53. The molecule has 0 radical (unpaired) electrons. The summed E-state index contributed by atoms with van der Waals surface area (Å²) in [6, 6.07) is 1.81. The predicted octanol–water partition coefficient (Wildman–Crippen LogP) is 1.24. The van der Waals surface area contributed by atoms with Crippen LogP contribution in [-0.4, -0.2) is 21.1 Å². The van der Waals surface area contributed by atoms with Crippen LogP contribution in [0, 0.1) is 5.92 Å². The molecule has 0 fully saturated rings. The Morgan fingerprint density at radius 2 is 2.14 bits per heavy atom. The van der Waals surface area contributed by atoms with Crippen LogP contribution in [0.5, 0.6) is 0 Å². The Bertz CT molecular complexity index is 731. The first-order valence-corrected chi connectivity index (χ1v) is 7.35. The molecule has 0 aliphatic heterocycles. The number of pyridine rings is 1. The van der Waals surface area contributed by atoms with Crippen molar-refractivity contribution in [3.05, 3.63) is 38.7 Å². The lowest BCUT2D eigenvalue weighted by atomic mass is 10.2. The van der Waals surface area contributed by atoms with E-state index in [1.54, 1.807) is 12.3 Å². The van der Waals surface area contributed by atoms with Crippen molar-refractivity contribution in [2.75, 3.05) is 6.54 Å². The average molecular weight is 290 g/mol. The third-order valence-corrected chi connectivity index (χ3v) is 3.19. The smallest absolute Gasteiger partial charge is 0.313 e. The molecule has 2 aromatic heterocycles. The summed E-state index contributed by atoms with van der Waals surface area (Å²) in [5, 5.41) is 3.74. The normalized spacial score (nSPS) is 11.4. The molecule has 0 saturated carbocycles. The van der Waals surface area contributed by atoms with Crippen LogP contribution in [0.3, 0.4) is 0 Å². The number of hydrogen-bond acceptors (Lipinski definition) is 4. The van der Waals surface area contributed by atoms with E-state index in [-0.39, 0.29) is 5.56 Å². The largest absolute Gasteiger partial charge is 0.330 e. The van der Waals surface area contributed by atoms with E-state index in [1.807, 2.05) is 13.8 Å². The van der Waals surface area contributed by atoms with Crippen LogP contribution in [-0.2, 0) is 13.1 Å². The fourth-order valence-electron chi connectivity index (χ4n) is 2.25. The van der Waals surface area contributed by atoms with E-state index in [0.29, 0.717) is 30.0 Å². The molecule has 0 unspecified atom stereocenters. The van der Waals surface area contributed by atoms with Gasteiger partial charge in [-0.2, -0.15) is 0 Å². The monoisotopic (exact) mass is 290 g/mol. The number of nitrogens with zero attached hydrogens (tertiary/aromatic N) is 2. The van der Waals surface area contributed by atoms with Gasteiger partial charge in [0.15, 0.2) is 0 Å². The molecular formula is C15H22N4O2. The maximum Gasteiger partial charge on any atom is 0.330 e. The van der Waals surface area contributed by atoms with E-state index in [2.05, 4.69) is 22.2 Å². The van der Waals surface area contributed by atoms with Gasteiger partial charge in [0.2, 0.25) is 0 Å². The van der Waals surface area contributed by atoms with Crippen molar-refractivity contribution in [1.29, 1.82) is 0 Å². The molecule has 2 heterocycles. The number of H-pyrrole nitrogens is 1. The number of fused-ring (bicyclic) bond motifs is 1. The highest BCUT2D eigenvalue weighted by Crippen LogP contribution is 2.09. The van der Waals surface area contributed by atoms with Gasteiger partial charge in [0.05, 0.1) is 5.39 Å². The van der Waals surface area contributed by atoms with Gasteiger partial charge < -0.3 is 5.32 Å². The SMILES string of the molecule is CCCNCc1cnc2c(c1)c(=O)[nH]c(=O)n2CC(C)C. The van der Waals surface area contributed by atoms with E-state index in [0.717, 1.165) is 18.5 Å². The minimum Gasteiger partial charge on any atom is -0.313 e. The summed E-state index contributed by atoms with van der Waals surface area (Å²) in [5.74, 6) is 0.296. The van der Waals surface area contributed by atoms with Crippen molar-refractivity contribution in [3.63, 3.8) is 0 Å². The Labute approximate surface area is 123 Å². The first-order valence-electron chi connectivity index (χ1n) is 7.35. The molecule has 0 bridgehead atoms. The van der Waals surface area contributed by atoms with Gasteiger partial charge in [0, 0.05) is 19.3 Å². The van der Waals surface area contributed by atoms with Crippen LogP contribution < -0.4 is 16.6 Å². The summed E-state index contributed by atoms with van der Waals surface area (Å²) in [6.45, 7) is 8.26. The molecule has 0 aliphatic rings. The van der Waals surface area contributed by atoms with Gasteiger partial charge in [-0.3, -0.25) is 14.3 Å². The number of nitrogens with one attached hydrogen (secondary N) is 2.